The molecule has 1 aliphatic carbocycles. The minimum absolute atomic E-state index is 0.0857. The third-order valence-electron chi connectivity index (χ3n) is 4.00. The van der Waals surface area contributed by atoms with Crippen molar-refractivity contribution in [3.8, 4) is 5.69 Å². The Morgan fingerprint density at radius 2 is 2.17 bits per heavy atom. The number of hydrogen-bond acceptors (Lipinski definition) is 3. The van der Waals surface area contributed by atoms with Gasteiger partial charge in [0.2, 0.25) is 5.91 Å². The SMILES string of the molecule is O=C(CSc1nccn1-c1cccc(Cl)c1)NC1CCCCC1. The third-order valence-corrected chi connectivity index (χ3v) is 5.20. The van der Waals surface area contributed by atoms with Crippen molar-refractivity contribution in [3.05, 3.63) is 41.7 Å². The first-order chi connectivity index (χ1) is 11.2. The Bertz CT molecular complexity index is 667. The van der Waals surface area contributed by atoms with Crippen LogP contribution >= 0.6 is 23.4 Å². The van der Waals surface area contributed by atoms with Gasteiger partial charge in [-0.3, -0.25) is 9.36 Å². The molecular weight excluding hydrogens is 330 g/mol. The Hall–Kier alpha value is -1.46. The van der Waals surface area contributed by atoms with Crippen molar-refractivity contribution < 1.29 is 4.79 Å². The molecule has 0 radical (unpaired) electrons. The summed E-state index contributed by atoms with van der Waals surface area (Å²) in [6.07, 6.45) is 9.56. The molecule has 0 bridgehead atoms. The highest BCUT2D eigenvalue weighted by Gasteiger charge is 2.16. The van der Waals surface area contributed by atoms with Gasteiger partial charge in [-0.2, -0.15) is 0 Å². The van der Waals surface area contributed by atoms with Crippen LogP contribution in [-0.4, -0.2) is 27.3 Å². The van der Waals surface area contributed by atoms with Gasteiger partial charge in [-0.1, -0.05) is 48.7 Å². The number of carbonyl (C=O) groups excluding carboxylic acids is 1. The van der Waals surface area contributed by atoms with Crippen LogP contribution in [0, 0.1) is 0 Å². The van der Waals surface area contributed by atoms with Gasteiger partial charge in [0.15, 0.2) is 5.16 Å². The minimum atomic E-state index is 0.0857. The molecule has 1 aromatic heterocycles. The molecular formula is C17H20ClN3OS. The molecule has 2 aromatic rings. The van der Waals surface area contributed by atoms with E-state index in [2.05, 4.69) is 10.3 Å². The molecule has 1 aromatic carbocycles. The lowest BCUT2D eigenvalue weighted by Crippen LogP contribution is -2.37. The Morgan fingerprint density at radius 1 is 1.35 bits per heavy atom. The second kappa shape index (κ2) is 7.88. The van der Waals surface area contributed by atoms with Gasteiger partial charge in [-0.25, -0.2) is 4.98 Å². The number of rotatable bonds is 5. The summed E-state index contributed by atoms with van der Waals surface area (Å²) < 4.78 is 1.95. The van der Waals surface area contributed by atoms with Crippen LogP contribution < -0.4 is 5.32 Å². The molecule has 1 heterocycles. The lowest BCUT2D eigenvalue weighted by atomic mass is 9.95. The zero-order valence-electron chi connectivity index (χ0n) is 12.9. The van der Waals surface area contributed by atoms with Gasteiger partial charge >= 0.3 is 0 Å². The fourth-order valence-electron chi connectivity index (χ4n) is 2.87. The average Bonchev–Trinajstić information content (AvgIpc) is 3.02. The van der Waals surface area contributed by atoms with E-state index in [4.69, 9.17) is 11.6 Å². The Balaban J connectivity index is 1.58. The molecule has 0 saturated heterocycles. The fraction of sp³-hybridized carbons (Fsp3) is 0.412. The van der Waals surface area contributed by atoms with Crippen LogP contribution in [0.1, 0.15) is 32.1 Å². The first-order valence-electron chi connectivity index (χ1n) is 7.94. The van der Waals surface area contributed by atoms with Crippen LogP contribution in [0.4, 0.5) is 0 Å². The molecule has 122 valence electrons. The van der Waals surface area contributed by atoms with E-state index in [0.717, 1.165) is 23.7 Å². The summed E-state index contributed by atoms with van der Waals surface area (Å²) >= 11 is 7.49. The summed E-state index contributed by atoms with van der Waals surface area (Å²) in [7, 11) is 0. The van der Waals surface area contributed by atoms with Crippen molar-refractivity contribution in [1.82, 2.24) is 14.9 Å². The van der Waals surface area contributed by atoms with Crippen LogP contribution in [0.2, 0.25) is 5.02 Å². The zero-order chi connectivity index (χ0) is 16.1. The highest BCUT2D eigenvalue weighted by molar-refractivity contribution is 7.99. The molecule has 0 spiro atoms. The molecule has 0 aliphatic heterocycles. The number of hydrogen-bond donors (Lipinski definition) is 1. The van der Waals surface area contributed by atoms with Crippen molar-refractivity contribution >= 4 is 29.3 Å². The van der Waals surface area contributed by atoms with E-state index >= 15 is 0 Å². The maximum absolute atomic E-state index is 12.1. The molecule has 4 nitrogen and oxygen atoms in total. The summed E-state index contributed by atoms with van der Waals surface area (Å²) in [5.74, 6) is 0.469. The normalized spacial score (nSPS) is 15.5. The number of nitrogens with zero attached hydrogens (tertiary/aromatic N) is 2. The van der Waals surface area contributed by atoms with Crippen molar-refractivity contribution in [1.29, 1.82) is 0 Å². The van der Waals surface area contributed by atoms with Gasteiger partial charge in [0.1, 0.15) is 0 Å². The van der Waals surface area contributed by atoms with Crippen molar-refractivity contribution in [2.45, 2.75) is 43.3 Å². The number of amides is 1. The van der Waals surface area contributed by atoms with E-state index < -0.39 is 0 Å². The number of nitrogens with one attached hydrogen (secondary N) is 1. The molecule has 1 amide bonds. The highest BCUT2D eigenvalue weighted by atomic mass is 35.5. The summed E-state index contributed by atoms with van der Waals surface area (Å²) in [5.41, 5.74) is 0.949. The first kappa shape index (κ1) is 16.4. The van der Waals surface area contributed by atoms with E-state index in [1.54, 1.807) is 6.20 Å². The second-order valence-corrected chi connectivity index (χ2v) is 7.13. The summed E-state index contributed by atoms with van der Waals surface area (Å²) in [5, 5.41) is 4.61. The Kier molecular flexibility index (Phi) is 5.62. The highest BCUT2D eigenvalue weighted by Crippen LogP contribution is 2.23. The molecule has 6 heteroatoms. The van der Waals surface area contributed by atoms with Crippen LogP contribution in [0.5, 0.6) is 0 Å². The molecule has 1 saturated carbocycles. The number of aromatic nitrogens is 2. The number of halogens is 1. The summed E-state index contributed by atoms with van der Waals surface area (Å²) in [6, 6.07) is 7.95. The van der Waals surface area contributed by atoms with Crippen LogP contribution in [0.25, 0.3) is 5.69 Å². The smallest absolute Gasteiger partial charge is 0.230 e. The monoisotopic (exact) mass is 349 g/mol. The molecule has 1 fully saturated rings. The second-order valence-electron chi connectivity index (χ2n) is 5.75. The summed E-state index contributed by atoms with van der Waals surface area (Å²) in [4.78, 5) is 16.5. The topological polar surface area (TPSA) is 46.9 Å². The maximum Gasteiger partial charge on any atom is 0.230 e. The van der Waals surface area contributed by atoms with Gasteiger partial charge in [0.25, 0.3) is 0 Å². The number of carbonyl (C=O) groups is 1. The predicted molar refractivity (Wildman–Crippen MR) is 94.3 cm³/mol. The Morgan fingerprint density at radius 3 is 2.96 bits per heavy atom. The Labute approximate surface area is 145 Å². The number of benzene rings is 1. The lowest BCUT2D eigenvalue weighted by molar-refractivity contribution is -0.119. The summed E-state index contributed by atoms with van der Waals surface area (Å²) in [6.45, 7) is 0. The molecule has 1 aliphatic rings. The van der Waals surface area contributed by atoms with Gasteiger partial charge in [0, 0.05) is 29.1 Å². The van der Waals surface area contributed by atoms with E-state index in [9.17, 15) is 4.79 Å². The van der Waals surface area contributed by atoms with Gasteiger partial charge < -0.3 is 5.32 Å². The fourth-order valence-corrected chi connectivity index (χ4v) is 3.83. The largest absolute Gasteiger partial charge is 0.353 e. The van der Waals surface area contributed by atoms with Crippen LogP contribution in [0.3, 0.4) is 0 Å². The molecule has 3 rings (SSSR count). The maximum atomic E-state index is 12.1. The van der Waals surface area contributed by atoms with Gasteiger partial charge in [-0.15, -0.1) is 0 Å². The van der Waals surface area contributed by atoms with E-state index in [-0.39, 0.29) is 5.91 Å². The third kappa shape index (κ3) is 4.52. The number of imidazole rings is 1. The predicted octanol–water partition coefficient (Wildman–Crippen LogP) is 4.07. The van der Waals surface area contributed by atoms with E-state index in [0.29, 0.717) is 16.8 Å². The van der Waals surface area contributed by atoms with E-state index in [1.165, 1.54) is 31.0 Å². The number of thioether (sulfide) groups is 1. The molecule has 0 atom stereocenters. The van der Waals surface area contributed by atoms with Crippen molar-refractivity contribution in [3.63, 3.8) is 0 Å². The average molecular weight is 350 g/mol. The minimum Gasteiger partial charge on any atom is -0.353 e. The van der Waals surface area contributed by atoms with Crippen LogP contribution in [0.15, 0.2) is 41.8 Å². The molecule has 23 heavy (non-hydrogen) atoms. The molecule has 1 N–H and O–H groups in total. The van der Waals surface area contributed by atoms with Crippen LogP contribution in [-0.2, 0) is 4.79 Å². The van der Waals surface area contributed by atoms with Gasteiger partial charge in [0.05, 0.1) is 5.75 Å². The lowest BCUT2D eigenvalue weighted by Gasteiger charge is -2.22. The van der Waals surface area contributed by atoms with Gasteiger partial charge in [-0.05, 0) is 31.0 Å². The quantitative estimate of drug-likeness (QED) is 0.828. The van der Waals surface area contributed by atoms with Crippen molar-refractivity contribution in [2.75, 3.05) is 5.75 Å². The molecule has 0 unspecified atom stereocenters. The van der Waals surface area contributed by atoms with Crippen molar-refractivity contribution in [2.24, 2.45) is 0 Å². The first-order valence-corrected chi connectivity index (χ1v) is 9.30. The van der Waals surface area contributed by atoms with E-state index in [1.807, 2.05) is 35.0 Å². The zero-order valence-corrected chi connectivity index (χ0v) is 14.4. The standard InChI is InChI=1S/C17H20ClN3OS/c18-13-5-4-8-15(11-13)21-10-9-19-17(21)23-12-16(22)20-14-6-2-1-3-7-14/h4-5,8-11,14H,1-3,6-7,12H2,(H,20,22).